The predicted molar refractivity (Wildman–Crippen MR) is 99.6 cm³/mol. The zero-order chi connectivity index (χ0) is 19.0. The minimum atomic E-state index is -1.30. The van der Waals surface area contributed by atoms with Crippen LogP contribution in [0, 0.1) is 5.41 Å². The lowest BCUT2D eigenvalue weighted by molar-refractivity contribution is -0.146. The Morgan fingerprint density at radius 1 is 0.852 bits per heavy atom. The van der Waals surface area contributed by atoms with Crippen molar-refractivity contribution in [2.75, 3.05) is 16.5 Å². The Bertz CT molecular complexity index is 1000. The van der Waals surface area contributed by atoms with E-state index in [-0.39, 0.29) is 24.1 Å². The van der Waals surface area contributed by atoms with Crippen LogP contribution < -0.4 is 9.91 Å². The van der Waals surface area contributed by atoms with Crippen molar-refractivity contribution in [1.29, 1.82) is 0 Å². The molecule has 0 aromatic heterocycles. The van der Waals surface area contributed by atoms with Crippen molar-refractivity contribution in [2.45, 2.75) is 25.8 Å². The molecule has 3 amide bonds. The minimum absolute atomic E-state index is 0.0456. The van der Waals surface area contributed by atoms with E-state index >= 15 is 0 Å². The number of hydrogen-bond acceptors (Lipinski definition) is 4. The molecule has 2 fully saturated rings. The number of nitrogens with zero attached hydrogens (tertiary/aromatic N) is 3. The quantitative estimate of drug-likeness (QED) is 0.732. The summed E-state index contributed by atoms with van der Waals surface area (Å²) in [5.41, 5.74) is 0.169. The van der Waals surface area contributed by atoms with Crippen LogP contribution in [0.25, 0.3) is 0 Å². The van der Waals surface area contributed by atoms with Gasteiger partial charge in [0.2, 0.25) is 11.8 Å². The molecule has 2 saturated heterocycles. The van der Waals surface area contributed by atoms with Gasteiger partial charge in [-0.25, -0.2) is 9.91 Å². The molecule has 1 atom stereocenters. The zero-order valence-electron chi connectivity index (χ0n) is 15.2. The molecule has 27 heavy (non-hydrogen) atoms. The first-order valence-corrected chi connectivity index (χ1v) is 9.02. The number of fused-ring (bicyclic) bond motifs is 5. The molecule has 0 saturated carbocycles. The number of carbonyl (C=O) groups excluding carboxylic acids is 3. The van der Waals surface area contributed by atoms with Crippen LogP contribution in [-0.2, 0) is 19.9 Å². The topological polar surface area (TPSA) is 60.9 Å². The van der Waals surface area contributed by atoms with E-state index in [9.17, 15) is 14.4 Å². The summed E-state index contributed by atoms with van der Waals surface area (Å²) in [6, 6.07) is 16.4. The standard InChI is InChI=1S/C21H19N3O3/c1-20(2)13-22-16-11-7-6-10-15(16)21(24(22)18(20)26)12-17(25)23(19(21)27)14-8-4-3-5-9-14/h3-11H,12-13H2,1-2H3. The molecule has 3 heterocycles. The second-order valence-electron chi connectivity index (χ2n) is 7.98. The summed E-state index contributed by atoms with van der Waals surface area (Å²) in [6.45, 7) is 4.23. The van der Waals surface area contributed by atoms with Gasteiger partial charge >= 0.3 is 0 Å². The van der Waals surface area contributed by atoms with Crippen molar-refractivity contribution in [3.63, 3.8) is 0 Å². The van der Waals surface area contributed by atoms with E-state index < -0.39 is 11.0 Å². The molecule has 3 aliphatic rings. The molecule has 0 radical (unpaired) electrons. The highest BCUT2D eigenvalue weighted by Gasteiger charge is 2.68. The lowest BCUT2D eigenvalue weighted by Gasteiger charge is -2.33. The summed E-state index contributed by atoms with van der Waals surface area (Å²) in [4.78, 5) is 41.1. The van der Waals surface area contributed by atoms with Gasteiger partial charge in [0.1, 0.15) is 0 Å². The van der Waals surface area contributed by atoms with Crippen molar-refractivity contribution in [3.05, 3.63) is 60.2 Å². The van der Waals surface area contributed by atoms with Gasteiger partial charge in [-0.15, -0.1) is 0 Å². The fourth-order valence-electron chi connectivity index (χ4n) is 4.53. The molecule has 3 aliphatic heterocycles. The molecule has 0 N–H and O–H groups in total. The minimum Gasteiger partial charge on any atom is -0.280 e. The van der Waals surface area contributed by atoms with Gasteiger partial charge in [-0.1, -0.05) is 36.4 Å². The van der Waals surface area contributed by atoms with Crippen LogP contribution in [0.3, 0.4) is 0 Å². The van der Waals surface area contributed by atoms with Crippen LogP contribution in [0.15, 0.2) is 54.6 Å². The van der Waals surface area contributed by atoms with Gasteiger partial charge in [0.25, 0.3) is 5.91 Å². The molecule has 6 heteroatoms. The molecular weight excluding hydrogens is 342 g/mol. The number of anilines is 2. The van der Waals surface area contributed by atoms with Gasteiger partial charge in [-0.3, -0.25) is 19.4 Å². The summed E-state index contributed by atoms with van der Waals surface area (Å²) >= 11 is 0. The van der Waals surface area contributed by atoms with E-state index in [2.05, 4.69) is 0 Å². The number of amides is 3. The first-order chi connectivity index (χ1) is 12.9. The van der Waals surface area contributed by atoms with Gasteiger partial charge in [0.15, 0.2) is 5.54 Å². The van der Waals surface area contributed by atoms with E-state index in [4.69, 9.17) is 0 Å². The maximum absolute atomic E-state index is 13.7. The summed E-state index contributed by atoms with van der Waals surface area (Å²) in [6.07, 6.45) is -0.0456. The number of hydrazine groups is 1. The van der Waals surface area contributed by atoms with Crippen LogP contribution in [0.1, 0.15) is 25.8 Å². The molecule has 2 aromatic carbocycles. The fraction of sp³-hybridized carbons (Fsp3) is 0.286. The van der Waals surface area contributed by atoms with Gasteiger partial charge in [0.05, 0.1) is 29.8 Å². The normalized spacial score (nSPS) is 25.6. The van der Waals surface area contributed by atoms with E-state index in [1.807, 2.05) is 49.2 Å². The predicted octanol–water partition coefficient (Wildman–Crippen LogP) is 2.45. The van der Waals surface area contributed by atoms with Crippen molar-refractivity contribution in [3.8, 4) is 0 Å². The fourth-order valence-corrected chi connectivity index (χ4v) is 4.53. The van der Waals surface area contributed by atoms with Crippen molar-refractivity contribution in [2.24, 2.45) is 5.41 Å². The molecule has 5 rings (SSSR count). The number of hydrogen-bond donors (Lipinski definition) is 0. The molecule has 0 bridgehead atoms. The molecular formula is C21H19N3O3. The molecule has 2 aromatic rings. The highest BCUT2D eigenvalue weighted by atomic mass is 16.2. The molecule has 0 aliphatic carbocycles. The Hall–Kier alpha value is -3.15. The second kappa shape index (κ2) is 4.97. The third-order valence-electron chi connectivity index (χ3n) is 5.77. The number of rotatable bonds is 1. The van der Waals surface area contributed by atoms with Crippen LogP contribution in [-0.4, -0.2) is 29.3 Å². The largest absolute Gasteiger partial charge is 0.280 e. The van der Waals surface area contributed by atoms with Gasteiger partial charge in [-0.2, -0.15) is 0 Å². The van der Waals surface area contributed by atoms with E-state index in [1.165, 1.54) is 4.90 Å². The number of para-hydroxylation sites is 2. The first-order valence-electron chi connectivity index (χ1n) is 9.02. The number of imide groups is 1. The molecule has 6 nitrogen and oxygen atoms in total. The highest BCUT2D eigenvalue weighted by Crippen LogP contribution is 2.55. The highest BCUT2D eigenvalue weighted by molar-refractivity contribution is 6.26. The monoisotopic (exact) mass is 361 g/mol. The smallest absolute Gasteiger partial charge is 0.267 e. The number of carbonyl (C=O) groups is 3. The van der Waals surface area contributed by atoms with E-state index in [1.54, 1.807) is 29.3 Å². The Morgan fingerprint density at radius 3 is 2.26 bits per heavy atom. The Labute approximate surface area is 156 Å². The molecule has 136 valence electrons. The van der Waals surface area contributed by atoms with Crippen LogP contribution >= 0.6 is 0 Å². The Morgan fingerprint density at radius 2 is 1.52 bits per heavy atom. The van der Waals surface area contributed by atoms with Gasteiger partial charge in [-0.05, 0) is 32.0 Å². The molecule has 1 unspecified atom stereocenters. The van der Waals surface area contributed by atoms with Gasteiger partial charge in [0, 0.05) is 5.56 Å². The summed E-state index contributed by atoms with van der Waals surface area (Å²) in [5, 5.41) is 3.41. The van der Waals surface area contributed by atoms with Crippen molar-refractivity contribution >= 4 is 29.1 Å². The van der Waals surface area contributed by atoms with E-state index in [0.717, 1.165) is 11.3 Å². The third-order valence-corrected chi connectivity index (χ3v) is 5.77. The maximum Gasteiger partial charge on any atom is 0.267 e. The zero-order valence-corrected chi connectivity index (χ0v) is 15.2. The average molecular weight is 361 g/mol. The first kappa shape index (κ1) is 16.1. The summed E-state index contributed by atoms with van der Waals surface area (Å²) in [5.74, 6) is -0.783. The summed E-state index contributed by atoms with van der Waals surface area (Å²) < 4.78 is 0. The van der Waals surface area contributed by atoms with Crippen LogP contribution in [0.5, 0.6) is 0 Å². The average Bonchev–Trinajstić information content (AvgIpc) is 3.17. The third kappa shape index (κ3) is 1.82. The van der Waals surface area contributed by atoms with E-state index in [0.29, 0.717) is 12.2 Å². The van der Waals surface area contributed by atoms with Crippen molar-refractivity contribution in [1.82, 2.24) is 5.01 Å². The lowest BCUT2D eigenvalue weighted by Crippen LogP contribution is -2.54. The SMILES string of the molecule is CC1(C)CN2c3ccccc3C3(CC(=O)N(c4ccccc4)C3=O)N2C1=O. The van der Waals surface area contributed by atoms with Crippen LogP contribution in [0.2, 0.25) is 0 Å². The molecule has 1 spiro atoms. The lowest BCUT2D eigenvalue weighted by atomic mass is 9.84. The van der Waals surface area contributed by atoms with Crippen molar-refractivity contribution < 1.29 is 14.4 Å². The maximum atomic E-state index is 13.7. The van der Waals surface area contributed by atoms with Gasteiger partial charge < -0.3 is 0 Å². The Balaban J connectivity index is 1.72. The number of benzene rings is 2. The Kier molecular flexibility index (Phi) is 2.96. The van der Waals surface area contributed by atoms with Crippen LogP contribution in [0.4, 0.5) is 11.4 Å². The summed E-state index contributed by atoms with van der Waals surface area (Å²) in [7, 11) is 0. The second-order valence-corrected chi connectivity index (χ2v) is 7.98.